The molecular weight excluding hydrogens is 330 g/mol. The number of carbonyl (C=O) groups is 1. The second kappa shape index (κ2) is 6.95. The lowest BCUT2D eigenvalue weighted by Gasteiger charge is -2.08. The van der Waals surface area contributed by atoms with Crippen LogP contribution in [0.5, 0.6) is 5.75 Å². The molecule has 124 valence electrons. The van der Waals surface area contributed by atoms with Crippen molar-refractivity contribution in [2.45, 2.75) is 0 Å². The Labute approximate surface area is 143 Å². The fourth-order valence-electron chi connectivity index (χ4n) is 2.54. The van der Waals surface area contributed by atoms with Gasteiger partial charge in [-0.15, -0.1) is 0 Å². The molecule has 0 atom stereocenters. The van der Waals surface area contributed by atoms with Crippen LogP contribution in [0.15, 0.2) is 42.6 Å². The van der Waals surface area contributed by atoms with Gasteiger partial charge >= 0.3 is 5.97 Å². The number of fused-ring (bicyclic) bond motifs is 1. The van der Waals surface area contributed by atoms with Crippen molar-refractivity contribution in [3.05, 3.63) is 53.2 Å². The fraction of sp³-hybridized carbons (Fsp3) is 0.167. The van der Waals surface area contributed by atoms with Crippen LogP contribution < -0.4 is 4.74 Å². The zero-order valence-electron chi connectivity index (χ0n) is 13.0. The number of esters is 1. The van der Waals surface area contributed by atoms with Gasteiger partial charge in [0.2, 0.25) is 0 Å². The monoisotopic (exact) mass is 345 g/mol. The summed E-state index contributed by atoms with van der Waals surface area (Å²) in [5.74, 6) is 0.268. The van der Waals surface area contributed by atoms with Crippen LogP contribution in [0.25, 0.3) is 22.0 Å². The Morgan fingerprint density at radius 3 is 2.67 bits per heavy atom. The topological polar surface area (TPSA) is 71.6 Å². The number of halogens is 1. The molecule has 2 N–H and O–H groups in total. The number of carbonyl (C=O) groups excluding carboxylic acids is 1. The van der Waals surface area contributed by atoms with Gasteiger partial charge in [-0.05, 0) is 29.8 Å². The standard InChI is InChI=1S/C18H16ClNO4/c1-23-18(22)15-10-20-17-9-16(19)13(8-14(15)17)11-2-4-12(5-3-11)24-7-6-21/h2-5,8-10,20-21H,6-7H2,1H3. The molecule has 0 saturated heterocycles. The highest BCUT2D eigenvalue weighted by molar-refractivity contribution is 6.34. The third-order valence-corrected chi connectivity index (χ3v) is 4.01. The highest BCUT2D eigenvalue weighted by atomic mass is 35.5. The number of aliphatic hydroxyl groups excluding tert-OH is 1. The third kappa shape index (κ3) is 3.09. The summed E-state index contributed by atoms with van der Waals surface area (Å²) in [5.41, 5.74) is 2.94. The largest absolute Gasteiger partial charge is 0.491 e. The average Bonchev–Trinajstić information content (AvgIpc) is 3.01. The quantitative estimate of drug-likeness (QED) is 0.692. The summed E-state index contributed by atoms with van der Waals surface area (Å²) in [6, 6.07) is 11.0. The maximum absolute atomic E-state index is 11.9. The summed E-state index contributed by atoms with van der Waals surface area (Å²) >= 11 is 6.38. The molecule has 0 spiro atoms. The first kappa shape index (κ1) is 16.4. The third-order valence-electron chi connectivity index (χ3n) is 3.70. The number of H-pyrrole nitrogens is 1. The minimum Gasteiger partial charge on any atom is -0.491 e. The zero-order valence-corrected chi connectivity index (χ0v) is 13.8. The van der Waals surface area contributed by atoms with Gasteiger partial charge in [0, 0.05) is 22.7 Å². The molecule has 0 aliphatic rings. The first-order valence-electron chi connectivity index (χ1n) is 7.37. The molecule has 6 heteroatoms. The lowest BCUT2D eigenvalue weighted by atomic mass is 10.0. The van der Waals surface area contributed by atoms with E-state index in [0.29, 0.717) is 16.3 Å². The van der Waals surface area contributed by atoms with Crippen molar-refractivity contribution < 1.29 is 19.4 Å². The Morgan fingerprint density at radius 2 is 2.00 bits per heavy atom. The lowest BCUT2D eigenvalue weighted by molar-refractivity contribution is 0.0603. The van der Waals surface area contributed by atoms with E-state index < -0.39 is 5.97 Å². The van der Waals surface area contributed by atoms with Gasteiger partial charge < -0.3 is 19.6 Å². The number of benzene rings is 2. The Bertz CT molecular complexity index is 871. The molecule has 0 fully saturated rings. The van der Waals surface area contributed by atoms with Crippen LogP contribution in [-0.4, -0.2) is 36.4 Å². The molecule has 0 aliphatic heterocycles. The number of aromatic nitrogens is 1. The van der Waals surface area contributed by atoms with Gasteiger partial charge in [-0.2, -0.15) is 0 Å². The molecule has 1 aromatic heterocycles. The first-order chi connectivity index (χ1) is 11.6. The van der Waals surface area contributed by atoms with Gasteiger partial charge in [-0.1, -0.05) is 23.7 Å². The molecule has 0 unspecified atom stereocenters. The molecule has 0 amide bonds. The van der Waals surface area contributed by atoms with Crippen molar-refractivity contribution in [2.75, 3.05) is 20.3 Å². The van der Waals surface area contributed by atoms with Crippen LogP contribution in [0.1, 0.15) is 10.4 Å². The van der Waals surface area contributed by atoms with E-state index in [1.165, 1.54) is 7.11 Å². The van der Waals surface area contributed by atoms with Crippen molar-refractivity contribution in [2.24, 2.45) is 0 Å². The number of aromatic amines is 1. The number of ether oxygens (including phenoxy) is 2. The first-order valence-corrected chi connectivity index (χ1v) is 7.75. The van der Waals surface area contributed by atoms with Gasteiger partial charge in [-0.3, -0.25) is 0 Å². The second-order valence-corrected chi connectivity index (χ2v) is 5.58. The van der Waals surface area contributed by atoms with Crippen LogP contribution in [-0.2, 0) is 4.74 Å². The molecule has 3 rings (SSSR count). The molecule has 0 radical (unpaired) electrons. The van der Waals surface area contributed by atoms with Crippen LogP contribution >= 0.6 is 11.6 Å². The van der Waals surface area contributed by atoms with E-state index in [9.17, 15) is 4.79 Å². The van der Waals surface area contributed by atoms with Crippen LogP contribution in [0.4, 0.5) is 0 Å². The molecule has 0 aliphatic carbocycles. The molecule has 24 heavy (non-hydrogen) atoms. The highest BCUT2D eigenvalue weighted by Gasteiger charge is 2.15. The minimum atomic E-state index is -0.401. The molecule has 5 nitrogen and oxygen atoms in total. The van der Waals surface area contributed by atoms with E-state index in [1.54, 1.807) is 12.3 Å². The molecule has 0 bridgehead atoms. The van der Waals surface area contributed by atoms with E-state index in [0.717, 1.165) is 22.0 Å². The Morgan fingerprint density at radius 1 is 1.25 bits per heavy atom. The summed E-state index contributed by atoms with van der Waals surface area (Å²) in [6.07, 6.45) is 1.61. The number of nitrogens with one attached hydrogen (secondary N) is 1. The Kier molecular flexibility index (Phi) is 4.74. The molecule has 3 aromatic rings. The number of hydrogen-bond acceptors (Lipinski definition) is 4. The average molecular weight is 346 g/mol. The maximum Gasteiger partial charge on any atom is 0.340 e. The van der Waals surface area contributed by atoms with Crippen molar-refractivity contribution in [3.8, 4) is 16.9 Å². The van der Waals surface area contributed by atoms with Gasteiger partial charge in [0.15, 0.2) is 0 Å². The predicted octanol–water partition coefficient (Wildman–Crippen LogP) is 3.65. The van der Waals surface area contributed by atoms with Crippen molar-refractivity contribution in [3.63, 3.8) is 0 Å². The van der Waals surface area contributed by atoms with Crippen LogP contribution in [0, 0.1) is 0 Å². The summed E-state index contributed by atoms with van der Waals surface area (Å²) < 4.78 is 10.2. The Hall–Kier alpha value is -2.50. The number of rotatable bonds is 5. The summed E-state index contributed by atoms with van der Waals surface area (Å²) in [6.45, 7) is 0.214. The van der Waals surface area contributed by atoms with Crippen molar-refractivity contribution in [1.82, 2.24) is 4.98 Å². The van der Waals surface area contributed by atoms with E-state index in [1.807, 2.05) is 30.3 Å². The number of methoxy groups -OCH3 is 1. The molecular formula is C18H16ClNO4. The van der Waals surface area contributed by atoms with E-state index in [2.05, 4.69) is 4.98 Å². The van der Waals surface area contributed by atoms with Crippen LogP contribution in [0.3, 0.4) is 0 Å². The van der Waals surface area contributed by atoms with E-state index in [-0.39, 0.29) is 13.2 Å². The van der Waals surface area contributed by atoms with Crippen molar-refractivity contribution >= 4 is 28.5 Å². The Balaban J connectivity index is 2.02. The van der Waals surface area contributed by atoms with Gasteiger partial charge in [0.1, 0.15) is 12.4 Å². The van der Waals surface area contributed by atoms with Crippen molar-refractivity contribution in [1.29, 1.82) is 0 Å². The van der Waals surface area contributed by atoms with Crippen LogP contribution in [0.2, 0.25) is 5.02 Å². The second-order valence-electron chi connectivity index (χ2n) is 5.17. The molecule has 2 aromatic carbocycles. The van der Waals surface area contributed by atoms with Gasteiger partial charge in [0.05, 0.1) is 24.3 Å². The number of hydrogen-bond donors (Lipinski definition) is 2. The highest BCUT2D eigenvalue weighted by Crippen LogP contribution is 2.34. The minimum absolute atomic E-state index is 0.0337. The zero-order chi connectivity index (χ0) is 17.1. The SMILES string of the molecule is COC(=O)c1c[nH]c2cc(Cl)c(-c3ccc(OCCO)cc3)cc12. The maximum atomic E-state index is 11.9. The fourth-order valence-corrected chi connectivity index (χ4v) is 2.81. The van der Waals surface area contributed by atoms with E-state index >= 15 is 0 Å². The van der Waals surface area contributed by atoms with Gasteiger partial charge in [-0.25, -0.2) is 4.79 Å². The molecule has 0 saturated carbocycles. The normalized spacial score (nSPS) is 10.8. The van der Waals surface area contributed by atoms with Gasteiger partial charge in [0.25, 0.3) is 0 Å². The summed E-state index contributed by atoms with van der Waals surface area (Å²) in [4.78, 5) is 14.9. The van der Waals surface area contributed by atoms with E-state index in [4.69, 9.17) is 26.2 Å². The number of aliphatic hydroxyl groups is 1. The lowest BCUT2D eigenvalue weighted by Crippen LogP contribution is -2.01. The molecule has 1 heterocycles. The smallest absolute Gasteiger partial charge is 0.340 e. The predicted molar refractivity (Wildman–Crippen MR) is 92.7 cm³/mol. The summed E-state index contributed by atoms with van der Waals surface area (Å²) in [7, 11) is 1.35. The summed E-state index contributed by atoms with van der Waals surface area (Å²) in [5, 5.41) is 10.1.